The number of amidine groups is 1. The highest BCUT2D eigenvalue weighted by Crippen LogP contribution is 2.18. The Hall–Kier alpha value is -0.660. The average Bonchev–Trinajstić information content (AvgIpc) is 2.29. The lowest BCUT2D eigenvalue weighted by Gasteiger charge is -2.34. The molecule has 0 atom stereocenters. The van der Waals surface area contributed by atoms with Crippen LogP contribution in [-0.2, 0) is 10.2 Å². The summed E-state index contributed by atoms with van der Waals surface area (Å²) >= 11 is 0. The van der Waals surface area contributed by atoms with Gasteiger partial charge in [0.25, 0.3) is 10.2 Å². The minimum absolute atomic E-state index is 0.0227. The van der Waals surface area contributed by atoms with Gasteiger partial charge in [0.05, 0.1) is 5.84 Å². The molecule has 0 aromatic carbocycles. The molecule has 18 heavy (non-hydrogen) atoms. The number of nitrogens with two attached hydrogens (primary N) is 1. The highest BCUT2D eigenvalue weighted by molar-refractivity contribution is 7.86. The Morgan fingerprint density at radius 3 is 2.33 bits per heavy atom. The molecule has 1 heterocycles. The third kappa shape index (κ3) is 3.93. The monoisotopic (exact) mass is 276 g/mol. The first kappa shape index (κ1) is 15.4. The van der Waals surface area contributed by atoms with Gasteiger partial charge in [-0.15, -0.1) is 0 Å². The maximum Gasteiger partial charge on any atom is 0.282 e. The van der Waals surface area contributed by atoms with Gasteiger partial charge in [0.2, 0.25) is 0 Å². The standard InChI is InChI=1S/C11H24N4O2S/c1-10(2)15(9-6-11(12)13)18(16,17)14-7-4-3-5-8-14/h10H,3-9H2,1-2H3,(H3,12,13). The van der Waals surface area contributed by atoms with Crippen LogP contribution in [0.15, 0.2) is 0 Å². The summed E-state index contributed by atoms with van der Waals surface area (Å²) in [5.74, 6) is 0.0227. The molecule has 1 rings (SSSR count). The van der Waals surface area contributed by atoms with E-state index in [9.17, 15) is 8.42 Å². The number of hydrogen-bond donors (Lipinski definition) is 2. The Balaban J connectivity index is 2.78. The average molecular weight is 276 g/mol. The zero-order valence-corrected chi connectivity index (χ0v) is 12.0. The van der Waals surface area contributed by atoms with E-state index in [0.29, 0.717) is 13.1 Å². The molecular formula is C11H24N4O2S. The van der Waals surface area contributed by atoms with Crippen molar-refractivity contribution in [1.29, 1.82) is 5.41 Å². The number of hydrogen-bond acceptors (Lipinski definition) is 3. The Bertz CT molecular complexity index is 375. The van der Waals surface area contributed by atoms with Gasteiger partial charge in [-0.05, 0) is 26.7 Å². The van der Waals surface area contributed by atoms with Crippen LogP contribution in [0.3, 0.4) is 0 Å². The molecule has 106 valence electrons. The zero-order chi connectivity index (χ0) is 13.8. The molecule has 0 amide bonds. The maximum absolute atomic E-state index is 12.5. The van der Waals surface area contributed by atoms with Crippen LogP contribution in [0.25, 0.3) is 0 Å². The molecule has 1 fully saturated rings. The van der Waals surface area contributed by atoms with Crippen molar-refractivity contribution in [3.8, 4) is 0 Å². The third-order valence-electron chi connectivity index (χ3n) is 3.12. The van der Waals surface area contributed by atoms with E-state index in [1.807, 2.05) is 13.8 Å². The van der Waals surface area contributed by atoms with Crippen molar-refractivity contribution in [3.63, 3.8) is 0 Å². The van der Waals surface area contributed by atoms with Crippen molar-refractivity contribution in [2.24, 2.45) is 5.73 Å². The van der Waals surface area contributed by atoms with Gasteiger partial charge in [-0.25, -0.2) is 0 Å². The highest BCUT2D eigenvalue weighted by atomic mass is 32.2. The molecule has 7 heteroatoms. The second-order valence-electron chi connectivity index (χ2n) is 4.95. The normalized spacial score (nSPS) is 18.4. The molecule has 0 spiro atoms. The Morgan fingerprint density at radius 2 is 1.89 bits per heavy atom. The minimum atomic E-state index is -3.40. The van der Waals surface area contributed by atoms with E-state index in [0.717, 1.165) is 19.3 Å². The summed E-state index contributed by atoms with van der Waals surface area (Å²) < 4.78 is 28.0. The molecule has 0 bridgehead atoms. The largest absolute Gasteiger partial charge is 0.388 e. The van der Waals surface area contributed by atoms with E-state index in [2.05, 4.69) is 0 Å². The number of nitrogens with one attached hydrogen (secondary N) is 1. The molecule has 1 aliphatic rings. The van der Waals surface area contributed by atoms with Crippen LogP contribution in [-0.4, -0.2) is 48.5 Å². The summed E-state index contributed by atoms with van der Waals surface area (Å²) in [6.07, 6.45) is 3.24. The summed E-state index contributed by atoms with van der Waals surface area (Å²) in [5, 5.41) is 7.22. The zero-order valence-electron chi connectivity index (χ0n) is 11.2. The predicted octanol–water partition coefficient (Wildman–Crippen LogP) is 0.754. The van der Waals surface area contributed by atoms with E-state index >= 15 is 0 Å². The summed E-state index contributed by atoms with van der Waals surface area (Å²) in [6, 6.07) is -0.115. The molecule has 0 saturated carbocycles. The first-order valence-corrected chi connectivity index (χ1v) is 7.85. The molecule has 0 aromatic heterocycles. The minimum Gasteiger partial charge on any atom is -0.388 e. The van der Waals surface area contributed by atoms with Crippen LogP contribution in [0.2, 0.25) is 0 Å². The maximum atomic E-state index is 12.5. The van der Waals surface area contributed by atoms with Crippen molar-refractivity contribution >= 4 is 16.0 Å². The lowest BCUT2D eigenvalue weighted by atomic mass is 10.2. The summed E-state index contributed by atoms with van der Waals surface area (Å²) in [4.78, 5) is 0. The van der Waals surface area contributed by atoms with E-state index in [1.165, 1.54) is 4.31 Å². The van der Waals surface area contributed by atoms with Crippen LogP contribution in [0.4, 0.5) is 0 Å². The quantitative estimate of drug-likeness (QED) is 0.554. The Kier molecular flexibility index (Phi) is 5.55. The Morgan fingerprint density at radius 1 is 1.33 bits per heavy atom. The summed E-state index contributed by atoms with van der Waals surface area (Å²) in [7, 11) is -3.40. The van der Waals surface area contributed by atoms with E-state index in [1.54, 1.807) is 4.31 Å². The summed E-state index contributed by atoms with van der Waals surface area (Å²) in [6.45, 7) is 5.19. The second-order valence-corrected chi connectivity index (χ2v) is 6.83. The molecule has 0 aromatic rings. The van der Waals surface area contributed by atoms with Gasteiger partial charge < -0.3 is 5.73 Å². The Labute approximate surface area is 110 Å². The van der Waals surface area contributed by atoms with Crippen molar-refractivity contribution in [2.75, 3.05) is 19.6 Å². The number of nitrogens with zero attached hydrogens (tertiary/aromatic N) is 2. The lowest BCUT2D eigenvalue weighted by molar-refractivity contribution is 0.284. The van der Waals surface area contributed by atoms with Crippen molar-refractivity contribution in [2.45, 2.75) is 45.6 Å². The first-order chi connectivity index (χ1) is 8.35. The van der Waals surface area contributed by atoms with Crippen LogP contribution in [0.5, 0.6) is 0 Å². The fraction of sp³-hybridized carbons (Fsp3) is 0.909. The SMILES string of the molecule is CC(C)N(CCC(=N)N)S(=O)(=O)N1CCCCC1. The molecule has 3 N–H and O–H groups in total. The predicted molar refractivity (Wildman–Crippen MR) is 72.7 cm³/mol. The second kappa shape index (κ2) is 6.49. The molecule has 0 unspecified atom stereocenters. The van der Waals surface area contributed by atoms with Gasteiger partial charge in [0.15, 0.2) is 0 Å². The topological polar surface area (TPSA) is 90.5 Å². The number of piperidine rings is 1. The van der Waals surface area contributed by atoms with Gasteiger partial charge in [-0.2, -0.15) is 17.0 Å². The molecule has 0 aliphatic carbocycles. The molecule has 0 radical (unpaired) electrons. The van der Waals surface area contributed by atoms with Gasteiger partial charge in [0, 0.05) is 32.1 Å². The fourth-order valence-corrected chi connectivity index (χ4v) is 3.99. The first-order valence-electron chi connectivity index (χ1n) is 6.45. The van der Waals surface area contributed by atoms with Crippen LogP contribution in [0.1, 0.15) is 39.5 Å². The van der Waals surface area contributed by atoms with E-state index < -0.39 is 10.2 Å². The van der Waals surface area contributed by atoms with Crippen LogP contribution in [0, 0.1) is 5.41 Å². The third-order valence-corrected chi connectivity index (χ3v) is 5.33. The van der Waals surface area contributed by atoms with Gasteiger partial charge in [-0.3, -0.25) is 5.41 Å². The van der Waals surface area contributed by atoms with Gasteiger partial charge >= 0.3 is 0 Å². The summed E-state index contributed by atoms with van der Waals surface area (Å²) in [5.41, 5.74) is 5.31. The molecule has 1 aliphatic heterocycles. The van der Waals surface area contributed by atoms with Gasteiger partial charge in [0.1, 0.15) is 0 Å². The smallest absolute Gasteiger partial charge is 0.282 e. The lowest BCUT2D eigenvalue weighted by Crippen LogP contribution is -2.49. The van der Waals surface area contributed by atoms with Crippen LogP contribution >= 0.6 is 0 Å². The number of rotatable bonds is 6. The van der Waals surface area contributed by atoms with Crippen LogP contribution < -0.4 is 5.73 Å². The van der Waals surface area contributed by atoms with E-state index in [-0.39, 0.29) is 24.8 Å². The fourth-order valence-electron chi connectivity index (χ4n) is 2.11. The van der Waals surface area contributed by atoms with Gasteiger partial charge in [-0.1, -0.05) is 6.42 Å². The van der Waals surface area contributed by atoms with Crippen molar-refractivity contribution < 1.29 is 8.42 Å². The molecule has 1 saturated heterocycles. The van der Waals surface area contributed by atoms with Crippen molar-refractivity contribution in [3.05, 3.63) is 0 Å². The highest BCUT2D eigenvalue weighted by Gasteiger charge is 2.32. The van der Waals surface area contributed by atoms with E-state index in [4.69, 9.17) is 11.1 Å². The van der Waals surface area contributed by atoms with Crippen molar-refractivity contribution in [1.82, 2.24) is 8.61 Å². The molecule has 6 nitrogen and oxygen atoms in total. The molecular weight excluding hydrogens is 252 g/mol.